The first kappa shape index (κ1) is 24.6. The lowest BCUT2D eigenvalue weighted by Gasteiger charge is -2.39. The van der Waals surface area contributed by atoms with Crippen molar-refractivity contribution in [2.24, 2.45) is 0 Å². The Morgan fingerprint density at radius 1 is 1.28 bits per heavy atom. The molecule has 1 aliphatic heterocycles. The van der Waals surface area contributed by atoms with E-state index in [1.807, 2.05) is 25.1 Å². The molecule has 1 fully saturated rings. The number of anilines is 1. The third-order valence-electron chi connectivity index (χ3n) is 6.70. The van der Waals surface area contributed by atoms with Crippen LogP contribution in [0.25, 0.3) is 16.3 Å². The first-order valence-corrected chi connectivity index (χ1v) is 12.2. The van der Waals surface area contributed by atoms with Crippen molar-refractivity contribution in [1.29, 1.82) is 5.26 Å². The molecular weight excluding hydrogens is 497 g/mol. The van der Waals surface area contributed by atoms with Crippen molar-refractivity contribution in [3.8, 4) is 6.07 Å². The van der Waals surface area contributed by atoms with E-state index in [1.165, 1.54) is 12.4 Å². The Morgan fingerprint density at radius 3 is 2.81 bits per heavy atom. The van der Waals surface area contributed by atoms with Crippen LogP contribution in [0.2, 0.25) is 0 Å². The number of piperidine rings is 1. The van der Waals surface area contributed by atoms with Gasteiger partial charge < -0.3 is 5.32 Å². The number of hydrogen-bond acceptors (Lipinski definition) is 6. The predicted molar refractivity (Wildman–Crippen MR) is 128 cm³/mol. The van der Waals surface area contributed by atoms with Crippen molar-refractivity contribution < 1.29 is 22.0 Å². The van der Waals surface area contributed by atoms with Crippen LogP contribution in [0.3, 0.4) is 0 Å². The highest BCUT2D eigenvalue weighted by Crippen LogP contribution is 2.36. The van der Waals surface area contributed by atoms with Crippen LogP contribution < -0.4 is 5.32 Å². The summed E-state index contributed by atoms with van der Waals surface area (Å²) in [5.41, 5.74) is 4.71. The van der Waals surface area contributed by atoms with Crippen LogP contribution in [-0.4, -0.2) is 46.1 Å². The van der Waals surface area contributed by atoms with Crippen molar-refractivity contribution in [2.45, 2.75) is 50.9 Å². The molecule has 1 aromatic carbocycles. The monoisotopic (exact) mass is 519 g/mol. The van der Waals surface area contributed by atoms with Crippen molar-refractivity contribution in [3.05, 3.63) is 57.2 Å². The zero-order valence-corrected chi connectivity index (χ0v) is 20.1. The molecule has 36 heavy (non-hydrogen) atoms. The summed E-state index contributed by atoms with van der Waals surface area (Å²) in [5.74, 6) is -2.96. The molecule has 3 aromatic rings. The van der Waals surface area contributed by atoms with E-state index in [9.17, 15) is 18.4 Å². The van der Waals surface area contributed by atoms with Gasteiger partial charge in [0.2, 0.25) is 0 Å². The van der Waals surface area contributed by atoms with E-state index in [2.05, 4.69) is 21.4 Å². The lowest BCUT2D eigenvalue weighted by atomic mass is 9.96. The molecule has 188 valence electrons. The summed E-state index contributed by atoms with van der Waals surface area (Å²) < 4.78 is 68.8. The molecule has 3 heterocycles. The predicted octanol–water partition coefficient (Wildman–Crippen LogP) is 5.89. The number of thiophene rings is 1. The van der Waals surface area contributed by atoms with Gasteiger partial charge >= 0.3 is 6.18 Å². The number of likely N-dealkylation sites (tertiary alicyclic amines) is 1. The molecule has 0 saturated carbocycles. The fraction of sp³-hybridized carbons (Fsp3) is 0.400. The molecule has 1 unspecified atom stereocenters. The van der Waals surface area contributed by atoms with Gasteiger partial charge in [-0.15, -0.1) is 11.3 Å². The summed E-state index contributed by atoms with van der Waals surface area (Å²) in [6.45, 7) is 2.27. The maximum atomic E-state index is 15.2. The molecular formula is C25H22F5N5S. The van der Waals surface area contributed by atoms with Gasteiger partial charge in [0.1, 0.15) is 17.0 Å². The molecule has 1 N–H and O–H groups in total. The topological polar surface area (TPSA) is 64.8 Å². The number of halogens is 5. The van der Waals surface area contributed by atoms with Crippen molar-refractivity contribution >= 4 is 33.4 Å². The summed E-state index contributed by atoms with van der Waals surface area (Å²) in [6, 6.07) is 6.20. The second kappa shape index (κ2) is 9.09. The Hall–Kier alpha value is -3.10. The number of nitriles is 1. The summed E-state index contributed by atoms with van der Waals surface area (Å²) in [6.07, 6.45) is -1.69. The van der Waals surface area contributed by atoms with Gasteiger partial charge in [-0.05, 0) is 47.7 Å². The summed E-state index contributed by atoms with van der Waals surface area (Å²) in [4.78, 5) is 10.1. The van der Waals surface area contributed by atoms with Crippen LogP contribution in [0.1, 0.15) is 33.6 Å². The number of fused-ring (bicyclic) bond motifs is 2. The molecule has 2 aliphatic rings. The van der Waals surface area contributed by atoms with Gasteiger partial charge in [0.25, 0.3) is 5.92 Å². The fourth-order valence-electron chi connectivity index (χ4n) is 4.89. The first-order chi connectivity index (χ1) is 17.0. The van der Waals surface area contributed by atoms with E-state index in [0.717, 1.165) is 33.6 Å². The molecule has 2 aromatic heterocycles. The Balaban J connectivity index is 1.30. The van der Waals surface area contributed by atoms with Gasteiger partial charge in [0.15, 0.2) is 0 Å². The molecule has 0 amide bonds. The zero-order valence-electron chi connectivity index (χ0n) is 19.3. The van der Waals surface area contributed by atoms with Gasteiger partial charge in [-0.1, -0.05) is 12.1 Å². The second-order valence-corrected chi connectivity index (χ2v) is 10.4. The van der Waals surface area contributed by atoms with Gasteiger partial charge in [-0.3, -0.25) is 4.90 Å². The van der Waals surface area contributed by atoms with Crippen LogP contribution in [0.15, 0.2) is 30.1 Å². The largest absolute Gasteiger partial charge is 0.393 e. The highest BCUT2D eigenvalue weighted by atomic mass is 32.1. The number of hydrogen-bond donors (Lipinski definition) is 1. The number of rotatable bonds is 5. The molecule has 1 atom stereocenters. The van der Waals surface area contributed by atoms with E-state index in [4.69, 9.17) is 0 Å². The van der Waals surface area contributed by atoms with Gasteiger partial charge in [-0.2, -0.15) is 18.4 Å². The summed E-state index contributed by atoms with van der Waals surface area (Å²) in [5, 5.41) is 12.3. The van der Waals surface area contributed by atoms with E-state index in [0.29, 0.717) is 35.3 Å². The third kappa shape index (κ3) is 4.92. The van der Waals surface area contributed by atoms with E-state index in [1.54, 1.807) is 4.90 Å². The molecule has 1 aliphatic carbocycles. The van der Waals surface area contributed by atoms with E-state index in [-0.39, 0.29) is 17.1 Å². The van der Waals surface area contributed by atoms with Crippen molar-refractivity contribution in [2.75, 3.05) is 18.4 Å². The second-order valence-electron chi connectivity index (χ2n) is 9.28. The van der Waals surface area contributed by atoms with Crippen molar-refractivity contribution in [3.63, 3.8) is 0 Å². The minimum atomic E-state index is -4.37. The average Bonchev–Trinajstić information content (AvgIpc) is 3.40. The summed E-state index contributed by atoms with van der Waals surface area (Å²) >= 11 is 0.884. The molecule has 5 rings (SSSR count). The molecule has 5 nitrogen and oxygen atoms in total. The van der Waals surface area contributed by atoms with E-state index >= 15 is 8.78 Å². The number of alkyl halides is 5. The van der Waals surface area contributed by atoms with Crippen LogP contribution in [0, 0.1) is 18.3 Å². The van der Waals surface area contributed by atoms with Crippen LogP contribution >= 0.6 is 11.3 Å². The number of allylic oxidation sites excluding steroid dienone is 1. The number of benzene rings is 1. The minimum Gasteiger partial charge on any atom is -0.361 e. The SMILES string of the molecule is Cc1c(CN2CCC(Nc3ncnc4sc(CC(F)(F)F)cc34)C(F)(F)C2)ccc2c1C=C(C#N)C2. The van der Waals surface area contributed by atoms with Gasteiger partial charge in [0, 0.05) is 30.0 Å². The standard InChI is InChI=1S/C25H22F5N5S/c1-14-17(3-2-16-6-15(10-31)7-19(14)16)11-35-5-4-21(24(26,27)12-35)34-22-20-8-18(9-25(28,29)30)36-23(20)33-13-32-22/h2-3,7-8,13,21H,4-6,9,11-12H2,1H3,(H,32,33,34). The summed E-state index contributed by atoms with van der Waals surface area (Å²) in [7, 11) is 0. The van der Waals surface area contributed by atoms with E-state index < -0.39 is 31.1 Å². The van der Waals surface area contributed by atoms with Gasteiger partial charge in [0.05, 0.1) is 30.5 Å². The smallest absolute Gasteiger partial charge is 0.361 e. The Kier molecular flexibility index (Phi) is 6.21. The molecule has 0 spiro atoms. The molecule has 0 radical (unpaired) electrons. The van der Waals surface area contributed by atoms with Crippen LogP contribution in [0.5, 0.6) is 0 Å². The first-order valence-electron chi connectivity index (χ1n) is 11.4. The fourth-order valence-corrected chi connectivity index (χ4v) is 5.92. The highest BCUT2D eigenvalue weighted by Gasteiger charge is 2.45. The normalized spacial score (nSPS) is 19.7. The number of nitrogens with one attached hydrogen (secondary N) is 1. The Bertz CT molecular complexity index is 1390. The number of nitrogens with zero attached hydrogens (tertiary/aromatic N) is 4. The Morgan fingerprint density at radius 2 is 2.08 bits per heavy atom. The third-order valence-corrected chi connectivity index (χ3v) is 7.74. The Labute approximate surface area is 208 Å². The maximum Gasteiger partial charge on any atom is 0.393 e. The lowest BCUT2D eigenvalue weighted by Crippen LogP contribution is -2.54. The maximum absolute atomic E-state index is 15.2. The van der Waals surface area contributed by atoms with Crippen LogP contribution in [0.4, 0.5) is 27.8 Å². The zero-order chi connectivity index (χ0) is 25.7. The highest BCUT2D eigenvalue weighted by molar-refractivity contribution is 7.18. The number of aromatic nitrogens is 2. The molecule has 1 saturated heterocycles. The molecule has 11 heteroatoms. The van der Waals surface area contributed by atoms with Gasteiger partial charge in [-0.25, -0.2) is 18.7 Å². The molecule has 0 bridgehead atoms. The van der Waals surface area contributed by atoms with Crippen molar-refractivity contribution in [1.82, 2.24) is 14.9 Å². The van der Waals surface area contributed by atoms with Crippen LogP contribution in [-0.2, 0) is 19.4 Å². The minimum absolute atomic E-state index is 0.0593. The quantitative estimate of drug-likeness (QED) is 0.426. The lowest BCUT2D eigenvalue weighted by molar-refractivity contribution is -0.126. The average molecular weight is 520 g/mol.